The SMILES string of the molecule is CC(c1cccc([N+](=O)[O-])c1)N(C)C(=O)CCC(=O)c1ccccc1. The zero-order chi connectivity index (χ0) is 18.4. The molecular formula is C19H20N2O4. The predicted octanol–water partition coefficient (Wildman–Crippen LogP) is 3.78. The number of hydrogen-bond acceptors (Lipinski definition) is 4. The fraction of sp³-hybridized carbons (Fsp3) is 0.263. The summed E-state index contributed by atoms with van der Waals surface area (Å²) in [6.45, 7) is 1.80. The van der Waals surface area contributed by atoms with E-state index in [1.165, 1.54) is 17.0 Å². The van der Waals surface area contributed by atoms with E-state index in [9.17, 15) is 19.7 Å². The van der Waals surface area contributed by atoms with E-state index in [-0.39, 0.29) is 36.3 Å². The van der Waals surface area contributed by atoms with Crippen LogP contribution in [0, 0.1) is 10.1 Å². The lowest BCUT2D eigenvalue weighted by Crippen LogP contribution is -2.29. The highest BCUT2D eigenvalue weighted by Gasteiger charge is 2.20. The lowest BCUT2D eigenvalue weighted by molar-refractivity contribution is -0.384. The average Bonchev–Trinajstić information content (AvgIpc) is 2.65. The highest BCUT2D eigenvalue weighted by atomic mass is 16.6. The fourth-order valence-electron chi connectivity index (χ4n) is 2.50. The number of nitro benzene ring substituents is 1. The molecule has 1 atom stereocenters. The first-order valence-electron chi connectivity index (χ1n) is 7.98. The molecule has 0 spiro atoms. The van der Waals surface area contributed by atoms with E-state index in [0.29, 0.717) is 11.1 Å². The van der Waals surface area contributed by atoms with Crippen molar-refractivity contribution in [2.24, 2.45) is 0 Å². The molecule has 0 radical (unpaired) electrons. The lowest BCUT2D eigenvalue weighted by atomic mass is 10.0. The molecule has 0 bridgehead atoms. The third-order valence-corrected chi connectivity index (χ3v) is 4.20. The van der Waals surface area contributed by atoms with Crippen molar-refractivity contribution in [3.63, 3.8) is 0 Å². The van der Waals surface area contributed by atoms with Gasteiger partial charge in [0.1, 0.15) is 0 Å². The number of ketones is 1. The molecule has 0 saturated heterocycles. The van der Waals surface area contributed by atoms with Crippen molar-refractivity contribution in [1.29, 1.82) is 0 Å². The number of benzene rings is 2. The standard InChI is InChI=1S/C19H20N2O4/c1-14(16-9-6-10-17(13-16)21(24)25)20(2)19(23)12-11-18(22)15-7-4-3-5-8-15/h3-10,13-14H,11-12H2,1-2H3. The molecule has 130 valence electrons. The zero-order valence-corrected chi connectivity index (χ0v) is 14.2. The van der Waals surface area contributed by atoms with Crippen LogP contribution < -0.4 is 0 Å². The summed E-state index contributed by atoms with van der Waals surface area (Å²) >= 11 is 0. The van der Waals surface area contributed by atoms with Crippen LogP contribution in [0.25, 0.3) is 0 Å². The first-order valence-corrected chi connectivity index (χ1v) is 7.98. The smallest absolute Gasteiger partial charge is 0.269 e. The molecule has 0 aliphatic rings. The van der Waals surface area contributed by atoms with E-state index in [2.05, 4.69) is 0 Å². The van der Waals surface area contributed by atoms with Crippen molar-refractivity contribution in [2.75, 3.05) is 7.05 Å². The first-order chi connectivity index (χ1) is 11.9. The van der Waals surface area contributed by atoms with Gasteiger partial charge < -0.3 is 4.90 Å². The van der Waals surface area contributed by atoms with Gasteiger partial charge in [-0.1, -0.05) is 42.5 Å². The summed E-state index contributed by atoms with van der Waals surface area (Å²) in [5.41, 5.74) is 1.26. The summed E-state index contributed by atoms with van der Waals surface area (Å²) < 4.78 is 0. The van der Waals surface area contributed by atoms with Gasteiger partial charge in [0.05, 0.1) is 11.0 Å². The van der Waals surface area contributed by atoms with Crippen molar-refractivity contribution in [3.8, 4) is 0 Å². The third kappa shape index (κ3) is 4.73. The Morgan fingerprint density at radius 1 is 1.08 bits per heavy atom. The minimum Gasteiger partial charge on any atom is -0.339 e. The molecule has 0 heterocycles. The molecule has 0 saturated carbocycles. The Balaban J connectivity index is 1.98. The normalized spacial score (nSPS) is 11.6. The van der Waals surface area contributed by atoms with E-state index >= 15 is 0 Å². The van der Waals surface area contributed by atoms with E-state index < -0.39 is 4.92 Å². The Kier molecular flexibility index (Phi) is 6.00. The monoisotopic (exact) mass is 340 g/mol. The van der Waals surface area contributed by atoms with Gasteiger partial charge >= 0.3 is 0 Å². The van der Waals surface area contributed by atoms with E-state index in [0.717, 1.165) is 0 Å². The Labute approximate surface area is 146 Å². The molecule has 1 amide bonds. The molecule has 0 aliphatic heterocycles. The summed E-state index contributed by atoms with van der Waals surface area (Å²) in [6, 6.07) is 14.7. The highest BCUT2D eigenvalue weighted by Crippen LogP contribution is 2.23. The Hall–Kier alpha value is -3.02. The number of non-ortho nitro benzene ring substituents is 1. The number of rotatable bonds is 7. The second kappa shape index (κ2) is 8.19. The van der Waals surface area contributed by atoms with Gasteiger partial charge in [0.15, 0.2) is 5.78 Å². The summed E-state index contributed by atoms with van der Waals surface area (Å²) in [5.74, 6) is -0.256. The Bertz CT molecular complexity index is 774. The van der Waals surface area contributed by atoms with Crippen LogP contribution in [0.5, 0.6) is 0 Å². The molecule has 0 N–H and O–H groups in total. The molecule has 0 aromatic heterocycles. The van der Waals surface area contributed by atoms with Crippen molar-refractivity contribution in [2.45, 2.75) is 25.8 Å². The van der Waals surface area contributed by atoms with Gasteiger partial charge in [-0.25, -0.2) is 0 Å². The minimum atomic E-state index is -0.462. The second-order valence-corrected chi connectivity index (χ2v) is 5.82. The number of Topliss-reactive ketones (excluding diaryl/α,β-unsaturated/α-hetero) is 1. The van der Waals surface area contributed by atoms with Crippen LogP contribution >= 0.6 is 0 Å². The fourth-order valence-corrected chi connectivity index (χ4v) is 2.50. The van der Waals surface area contributed by atoms with Crippen LogP contribution in [0.4, 0.5) is 5.69 Å². The van der Waals surface area contributed by atoms with Crippen LogP contribution in [0.2, 0.25) is 0 Å². The van der Waals surface area contributed by atoms with Gasteiger partial charge in [-0.05, 0) is 12.5 Å². The van der Waals surface area contributed by atoms with Crippen LogP contribution in [0.3, 0.4) is 0 Å². The number of nitro groups is 1. The van der Waals surface area contributed by atoms with Gasteiger partial charge in [0.25, 0.3) is 5.69 Å². The number of carbonyl (C=O) groups is 2. The molecule has 2 rings (SSSR count). The number of nitrogens with zero attached hydrogens (tertiary/aromatic N) is 2. The van der Waals surface area contributed by atoms with Gasteiger partial charge in [-0.15, -0.1) is 0 Å². The van der Waals surface area contributed by atoms with Crippen molar-refractivity contribution in [3.05, 3.63) is 75.8 Å². The Morgan fingerprint density at radius 3 is 2.40 bits per heavy atom. The van der Waals surface area contributed by atoms with Gasteiger partial charge in [-0.3, -0.25) is 19.7 Å². The zero-order valence-electron chi connectivity index (χ0n) is 14.2. The summed E-state index contributed by atoms with van der Waals surface area (Å²) in [6.07, 6.45) is 0.234. The van der Waals surface area contributed by atoms with Crippen molar-refractivity contribution >= 4 is 17.4 Å². The van der Waals surface area contributed by atoms with Crippen LogP contribution in [0.15, 0.2) is 54.6 Å². The van der Waals surface area contributed by atoms with Crippen molar-refractivity contribution in [1.82, 2.24) is 4.90 Å². The maximum absolute atomic E-state index is 12.4. The molecule has 2 aromatic rings. The quantitative estimate of drug-likeness (QED) is 0.436. The number of amides is 1. The molecular weight excluding hydrogens is 320 g/mol. The van der Waals surface area contributed by atoms with Crippen LogP contribution in [-0.2, 0) is 4.79 Å². The molecule has 25 heavy (non-hydrogen) atoms. The summed E-state index contributed by atoms with van der Waals surface area (Å²) in [5, 5.41) is 10.9. The second-order valence-electron chi connectivity index (χ2n) is 5.82. The van der Waals surface area contributed by atoms with Crippen molar-refractivity contribution < 1.29 is 14.5 Å². The molecule has 2 aromatic carbocycles. The lowest BCUT2D eigenvalue weighted by Gasteiger charge is -2.25. The van der Waals surface area contributed by atoms with Gasteiger partial charge in [0, 0.05) is 37.6 Å². The van der Waals surface area contributed by atoms with E-state index in [1.807, 2.05) is 6.07 Å². The first kappa shape index (κ1) is 18.3. The molecule has 6 heteroatoms. The Morgan fingerprint density at radius 2 is 1.76 bits per heavy atom. The van der Waals surface area contributed by atoms with Crippen LogP contribution in [-0.4, -0.2) is 28.6 Å². The molecule has 0 aliphatic carbocycles. The van der Waals surface area contributed by atoms with Gasteiger partial charge in [0.2, 0.25) is 5.91 Å². The highest BCUT2D eigenvalue weighted by molar-refractivity contribution is 5.97. The van der Waals surface area contributed by atoms with Crippen LogP contribution in [0.1, 0.15) is 41.7 Å². The summed E-state index contributed by atoms with van der Waals surface area (Å²) in [7, 11) is 1.64. The summed E-state index contributed by atoms with van der Waals surface area (Å²) in [4.78, 5) is 36.4. The predicted molar refractivity (Wildman–Crippen MR) is 94.3 cm³/mol. The average molecular weight is 340 g/mol. The third-order valence-electron chi connectivity index (χ3n) is 4.20. The molecule has 6 nitrogen and oxygen atoms in total. The number of carbonyl (C=O) groups excluding carboxylic acids is 2. The van der Waals surface area contributed by atoms with E-state index in [4.69, 9.17) is 0 Å². The molecule has 1 unspecified atom stereocenters. The maximum Gasteiger partial charge on any atom is 0.269 e. The molecule has 0 fully saturated rings. The van der Waals surface area contributed by atoms with E-state index in [1.54, 1.807) is 50.4 Å². The van der Waals surface area contributed by atoms with Gasteiger partial charge in [-0.2, -0.15) is 0 Å². The maximum atomic E-state index is 12.4. The topological polar surface area (TPSA) is 80.5 Å². The minimum absolute atomic E-state index is 0.00976. The largest absolute Gasteiger partial charge is 0.339 e. The number of hydrogen-bond donors (Lipinski definition) is 0.